The smallest absolute Gasteiger partial charge is 0.0945 e. The lowest BCUT2D eigenvalue weighted by molar-refractivity contribution is 0.0207. The van der Waals surface area contributed by atoms with Gasteiger partial charge in [-0.2, -0.15) is 0 Å². The second kappa shape index (κ2) is 6.32. The molecule has 1 aromatic rings. The molecule has 0 spiro atoms. The molecule has 1 aromatic carbocycles. The molecule has 0 saturated carbocycles. The molecule has 0 amide bonds. The minimum atomic E-state index is -0.375. The van der Waals surface area contributed by atoms with Gasteiger partial charge in [0.15, 0.2) is 0 Å². The predicted octanol–water partition coefficient (Wildman–Crippen LogP) is 1.75. The first-order chi connectivity index (χ1) is 8.72. The molecule has 2 unspecified atom stereocenters. The fourth-order valence-corrected chi connectivity index (χ4v) is 2.71. The van der Waals surface area contributed by atoms with Gasteiger partial charge in [-0.05, 0) is 19.0 Å². The van der Waals surface area contributed by atoms with Crippen molar-refractivity contribution in [3.8, 4) is 0 Å². The molecule has 0 bridgehead atoms. The second-order valence-electron chi connectivity index (χ2n) is 5.17. The lowest BCUT2D eigenvalue weighted by Crippen LogP contribution is -2.50. The Kier molecular flexibility index (Phi) is 4.75. The van der Waals surface area contributed by atoms with Crippen molar-refractivity contribution in [2.24, 2.45) is 0 Å². The first-order valence-electron chi connectivity index (χ1n) is 6.88. The topological polar surface area (TPSA) is 26.7 Å². The largest absolute Gasteiger partial charge is 0.387 e. The van der Waals surface area contributed by atoms with Gasteiger partial charge in [-0.25, -0.2) is 0 Å². The van der Waals surface area contributed by atoms with Crippen LogP contribution in [0.15, 0.2) is 30.3 Å². The van der Waals surface area contributed by atoms with E-state index in [9.17, 15) is 5.11 Å². The Morgan fingerprint density at radius 3 is 2.28 bits per heavy atom. The van der Waals surface area contributed by atoms with Gasteiger partial charge in [0.1, 0.15) is 0 Å². The van der Waals surface area contributed by atoms with E-state index in [4.69, 9.17) is 0 Å². The first-order valence-corrected chi connectivity index (χ1v) is 6.88. The summed E-state index contributed by atoms with van der Waals surface area (Å²) in [5.41, 5.74) is 1.03. The zero-order valence-corrected chi connectivity index (χ0v) is 11.4. The highest BCUT2D eigenvalue weighted by Crippen LogP contribution is 2.24. The Morgan fingerprint density at radius 2 is 1.72 bits per heavy atom. The summed E-state index contributed by atoms with van der Waals surface area (Å²) >= 11 is 0. The molecule has 100 valence electrons. The van der Waals surface area contributed by atoms with E-state index in [2.05, 4.69) is 23.8 Å². The number of aliphatic hydroxyl groups is 1. The summed E-state index contributed by atoms with van der Waals surface area (Å²) in [5.74, 6) is 0. The van der Waals surface area contributed by atoms with E-state index >= 15 is 0 Å². The molecule has 0 radical (unpaired) electrons. The van der Waals surface area contributed by atoms with E-state index in [0.717, 1.165) is 38.2 Å². The van der Waals surface area contributed by atoms with Crippen molar-refractivity contribution in [3.63, 3.8) is 0 Å². The van der Waals surface area contributed by atoms with Crippen molar-refractivity contribution >= 4 is 0 Å². The van der Waals surface area contributed by atoms with Gasteiger partial charge in [0.25, 0.3) is 0 Å². The summed E-state index contributed by atoms with van der Waals surface area (Å²) in [6, 6.07) is 10.3. The van der Waals surface area contributed by atoms with Crippen LogP contribution in [-0.2, 0) is 0 Å². The number of hydrogen-bond donors (Lipinski definition) is 1. The molecular formula is C15H24N2O. The molecule has 1 aliphatic heterocycles. The SMILES string of the molecule is CCC(C(O)c1ccccc1)N1CCN(C)CC1. The van der Waals surface area contributed by atoms with Gasteiger partial charge >= 0.3 is 0 Å². The van der Waals surface area contributed by atoms with E-state index in [1.807, 2.05) is 30.3 Å². The summed E-state index contributed by atoms with van der Waals surface area (Å²) in [5, 5.41) is 10.5. The molecule has 3 heteroatoms. The van der Waals surface area contributed by atoms with Crippen LogP contribution in [0.25, 0.3) is 0 Å². The van der Waals surface area contributed by atoms with Crippen LogP contribution in [-0.4, -0.2) is 54.2 Å². The quantitative estimate of drug-likeness (QED) is 0.879. The maximum Gasteiger partial charge on any atom is 0.0945 e. The van der Waals surface area contributed by atoms with Crippen molar-refractivity contribution in [1.82, 2.24) is 9.80 Å². The van der Waals surface area contributed by atoms with Gasteiger partial charge in [0.05, 0.1) is 6.10 Å². The van der Waals surface area contributed by atoms with Crippen molar-refractivity contribution in [2.45, 2.75) is 25.5 Å². The molecule has 1 saturated heterocycles. The third kappa shape index (κ3) is 3.10. The number of aliphatic hydroxyl groups excluding tert-OH is 1. The van der Waals surface area contributed by atoms with Crippen LogP contribution in [0.5, 0.6) is 0 Å². The minimum Gasteiger partial charge on any atom is -0.387 e. The molecule has 1 fully saturated rings. The van der Waals surface area contributed by atoms with Crippen molar-refractivity contribution in [3.05, 3.63) is 35.9 Å². The third-order valence-corrected chi connectivity index (χ3v) is 3.93. The Morgan fingerprint density at radius 1 is 1.11 bits per heavy atom. The number of likely N-dealkylation sites (N-methyl/N-ethyl adjacent to an activating group) is 1. The molecular weight excluding hydrogens is 224 g/mol. The van der Waals surface area contributed by atoms with Crippen LogP contribution in [0.1, 0.15) is 25.0 Å². The highest BCUT2D eigenvalue weighted by atomic mass is 16.3. The Labute approximate surface area is 110 Å². The molecule has 0 aliphatic carbocycles. The van der Waals surface area contributed by atoms with Crippen LogP contribution in [0.3, 0.4) is 0 Å². The summed E-state index contributed by atoms with van der Waals surface area (Å²) < 4.78 is 0. The van der Waals surface area contributed by atoms with E-state index in [-0.39, 0.29) is 12.1 Å². The standard InChI is InChI=1S/C15H24N2O/c1-3-14(17-11-9-16(2)10-12-17)15(18)13-7-5-4-6-8-13/h4-8,14-15,18H,3,9-12H2,1-2H3. The highest BCUT2D eigenvalue weighted by Gasteiger charge is 2.27. The summed E-state index contributed by atoms with van der Waals surface area (Å²) in [6.45, 7) is 6.46. The van der Waals surface area contributed by atoms with Gasteiger partial charge in [-0.3, -0.25) is 4.90 Å². The average Bonchev–Trinajstić information content (AvgIpc) is 2.42. The molecule has 2 atom stereocenters. The summed E-state index contributed by atoms with van der Waals surface area (Å²) in [6.07, 6.45) is 0.611. The van der Waals surface area contributed by atoms with Crippen LogP contribution in [0.4, 0.5) is 0 Å². The lowest BCUT2D eigenvalue weighted by Gasteiger charge is -2.39. The van der Waals surface area contributed by atoms with Crippen molar-refractivity contribution < 1.29 is 5.11 Å². The fourth-order valence-electron chi connectivity index (χ4n) is 2.71. The Bertz CT molecular complexity index is 347. The monoisotopic (exact) mass is 248 g/mol. The average molecular weight is 248 g/mol. The third-order valence-electron chi connectivity index (χ3n) is 3.93. The second-order valence-corrected chi connectivity index (χ2v) is 5.17. The first kappa shape index (κ1) is 13.5. The Hall–Kier alpha value is -0.900. The fraction of sp³-hybridized carbons (Fsp3) is 0.600. The van der Waals surface area contributed by atoms with Gasteiger partial charge < -0.3 is 10.0 Å². The lowest BCUT2D eigenvalue weighted by atomic mass is 9.98. The zero-order valence-electron chi connectivity index (χ0n) is 11.4. The zero-order chi connectivity index (χ0) is 13.0. The molecule has 18 heavy (non-hydrogen) atoms. The van der Waals surface area contributed by atoms with Crippen LogP contribution in [0.2, 0.25) is 0 Å². The maximum absolute atomic E-state index is 10.5. The summed E-state index contributed by atoms with van der Waals surface area (Å²) in [4.78, 5) is 4.77. The summed E-state index contributed by atoms with van der Waals surface area (Å²) in [7, 11) is 2.16. The van der Waals surface area contributed by atoms with E-state index in [1.165, 1.54) is 0 Å². The number of benzene rings is 1. The predicted molar refractivity (Wildman–Crippen MR) is 74.6 cm³/mol. The van der Waals surface area contributed by atoms with Crippen LogP contribution >= 0.6 is 0 Å². The molecule has 3 nitrogen and oxygen atoms in total. The van der Waals surface area contributed by atoms with Crippen LogP contribution in [0, 0.1) is 0 Å². The maximum atomic E-state index is 10.5. The van der Waals surface area contributed by atoms with E-state index in [0.29, 0.717) is 0 Å². The number of nitrogens with zero attached hydrogens (tertiary/aromatic N) is 2. The molecule has 2 rings (SSSR count). The number of piperazine rings is 1. The van der Waals surface area contributed by atoms with Crippen molar-refractivity contribution in [2.75, 3.05) is 33.2 Å². The Balaban J connectivity index is 2.04. The normalized spacial score (nSPS) is 21.7. The molecule has 1 heterocycles. The van der Waals surface area contributed by atoms with E-state index < -0.39 is 0 Å². The number of hydrogen-bond acceptors (Lipinski definition) is 3. The van der Waals surface area contributed by atoms with Crippen molar-refractivity contribution in [1.29, 1.82) is 0 Å². The van der Waals surface area contributed by atoms with Gasteiger partial charge in [-0.1, -0.05) is 37.3 Å². The minimum absolute atomic E-state index is 0.237. The van der Waals surface area contributed by atoms with Gasteiger partial charge in [0, 0.05) is 32.2 Å². The molecule has 0 aromatic heterocycles. The van der Waals surface area contributed by atoms with E-state index in [1.54, 1.807) is 0 Å². The van der Waals surface area contributed by atoms with Crippen LogP contribution < -0.4 is 0 Å². The highest BCUT2D eigenvalue weighted by molar-refractivity contribution is 5.19. The molecule has 1 aliphatic rings. The number of rotatable bonds is 4. The molecule has 1 N–H and O–H groups in total. The van der Waals surface area contributed by atoms with Gasteiger partial charge in [0.2, 0.25) is 0 Å². The van der Waals surface area contributed by atoms with Gasteiger partial charge in [-0.15, -0.1) is 0 Å².